The number of carbonyl (C=O) groups excluding carboxylic acids is 1. The molecule has 0 amide bonds. The minimum Gasteiger partial charge on any atom is -0.297 e. The Hall–Kier alpha value is -3.02. The lowest BCUT2D eigenvalue weighted by Gasteiger charge is -2.15. The molecule has 0 aliphatic rings. The molecule has 0 atom stereocenters. The SMILES string of the molecule is CCC(CC)c1cc(C)nn2c(-c3c(C)nc4c(C(C)=O)cccn34)c(C)nc12. The lowest BCUT2D eigenvalue weighted by Crippen LogP contribution is -2.06. The van der Waals surface area contributed by atoms with Gasteiger partial charge in [-0.25, -0.2) is 14.5 Å². The van der Waals surface area contributed by atoms with Gasteiger partial charge in [-0.15, -0.1) is 0 Å². The number of imidazole rings is 2. The molecule has 0 aliphatic carbocycles. The van der Waals surface area contributed by atoms with Gasteiger partial charge >= 0.3 is 0 Å². The van der Waals surface area contributed by atoms with Gasteiger partial charge in [0.05, 0.1) is 28.3 Å². The highest BCUT2D eigenvalue weighted by Gasteiger charge is 2.24. The Morgan fingerprint density at radius 2 is 1.69 bits per heavy atom. The number of hydrogen-bond acceptors (Lipinski definition) is 4. The summed E-state index contributed by atoms with van der Waals surface area (Å²) in [5.74, 6) is 0.452. The first-order valence-corrected chi connectivity index (χ1v) is 10.2. The van der Waals surface area contributed by atoms with Crippen LogP contribution in [0.2, 0.25) is 0 Å². The maximum atomic E-state index is 12.1. The van der Waals surface area contributed by atoms with Crippen LogP contribution in [0, 0.1) is 20.8 Å². The highest BCUT2D eigenvalue weighted by Crippen LogP contribution is 2.33. The summed E-state index contributed by atoms with van der Waals surface area (Å²) < 4.78 is 3.96. The van der Waals surface area contributed by atoms with E-state index in [-0.39, 0.29) is 5.78 Å². The molecule has 0 aromatic carbocycles. The zero-order valence-corrected chi connectivity index (χ0v) is 17.9. The standard InChI is InChI=1S/C23H27N5O/c1-7-17(8-2)19-12-13(3)26-28-21(15(5)25-23(19)28)20-14(4)24-22-18(16(6)29)10-9-11-27(20)22/h9-12,17H,7-8H2,1-6H3. The van der Waals surface area contributed by atoms with Crippen LogP contribution in [0.15, 0.2) is 24.4 Å². The second-order valence-corrected chi connectivity index (χ2v) is 7.75. The molecule has 4 aromatic heterocycles. The topological polar surface area (TPSA) is 64.6 Å². The van der Waals surface area contributed by atoms with E-state index < -0.39 is 0 Å². The third-order valence-corrected chi connectivity index (χ3v) is 5.76. The van der Waals surface area contributed by atoms with Crippen LogP contribution in [-0.2, 0) is 0 Å². The highest BCUT2D eigenvalue weighted by molar-refractivity contribution is 6.00. The van der Waals surface area contributed by atoms with Gasteiger partial charge in [0.15, 0.2) is 11.4 Å². The third kappa shape index (κ3) is 2.94. The van der Waals surface area contributed by atoms with Gasteiger partial charge in [-0.05, 0) is 64.7 Å². The monoisotopic (exact) mass is 389 g/mol. The first-order valence-electron chi connectivity index (χ1n) is 10.2. The molecule has 4 aromatic rings. The van der Waals surface area contributed by atoms with Crippen LogP contribution in [-0.4, -0.2) is 29.8 Å². The van der Waals surface area contributed by atoms with Gasteiger partial charge < -0.3 is 0 Å². The maximum Gasteiger partial charge on any atom is 0.163 e. The molecule has 0 N–H and O–H groups in total. The molecular weight excluding hydrogens is 362 g/mol. The normalized spacial score (nSPS) is 11.8. The van der Waals surface area contributed by atoms with Crippen molar-refractivity contribution >= 4 is 17.1 Å². The Balaban J connectivity index is 2.08. The van der Waals surface area contributed by atoms with Crippen LogP contribution in [0.3, 0.4) is 0 Å². The molecule has 29 heavy (non-hydrogen) atoms. The first kappa shape index (κ1) is 19.3. The number of fused-ring (bicyclic) bond motifs is 2. The summed E-state index contributed by atoms with van der Waals surface area (Å²) in [6, 6.07) is 5.88. The van der Waals surface area contributed by atoms with Crippen LogP contribution in [0.5, 0.6) is 0 Å². The van der Waals surface area contributed by atoms with Gasteiger partial charge in [-0.2, -0.15) is 5.10 Å². The summed E-state index contributed by atoms with van der Waals surface area (Å²) >= 11 is 0. The molecule has 4 rings (SSSR count). The Morgan fingerprint density at radius 3 is 2.34 bits per heavy atom. The fraction of sp³-hybridized carbons (Fsp3) is 0.391. The van der Waals surface area contributed by atoms with Crippen LogP contribution in [0.4, 0.5) is 0 Å². The Kier molecular flexibility index (Phi) is 4.73. The molecule has 150 valence electrons. The molecule has 0 saturated carbocycles. The van der Waals surface area contributed by atoms with Crippen LogP contribution in [0.25, 0.3) is 22.7 Å². The van der Waals surface area contributed by atoms with Crippen LogP contribution < -0.4 is 0 Å². The Bertz CT molecular complexity index is 1240. The molecule has 0 spiro atoms. The molecule has 0 saturated heterocycles. The van der Waals surface area contributed by atoms with E-state index in [1.165, 1.54) is 5.56 Å². The van der Waals surface area contributed by atoms with Gasteiger partial charge in [0, 0.05) is 11.8 Å². The van der Waals surface area contributed by atoms with Crippen molar-refractivity contribution in [3.8, 4) is 11.4 Å². The Morgan fingerprint density at radius 1 is 1.03 bits per heavy atom. The van der Waals surface area contributed by atoms with Crippen molar-refractivity contribution < 1.29 is 4.79 Å². The van der Waals surface area contributed by atoms with Crippen LogP contribution in [0.1, 0.15) is 72.5 Å². The third-order valence-electron chi connectivity index (χ3n) is 5.76. The number of hydrogen-bond donors (Lipinski definition) is 0. The average Bonchev–Trinajstić information content (AvgIpc) is 3.17. The number of Topliss-reactive ketones (excluding diaryl/α,β-unsaturated/α-hetero) is 1. The van der Waals surface area contributed by atoms with Gasteiger partial charge in [-0.1, -0.05) is 13.8 Å². The summed E-state index contributed by atoms with van der Waals surface area (Å²) in [5.41, 5.74) is 8.05. The minimum atomic E-state index is 0.00648. The molecular formula is C23H27N5O. The molecule has 6 nitrogen and oxygen atoms in total. The minimum absolute atomic E-state index is 0.00648. The van der Waals surface area contributed by atoms with E-state index >= 15 is 0 Å². The number of aromatic nitrogens is 5. The predicted molar refractivity (Wildman–Crippen MR) is 115 cm³/mol. The van der Waals surface area contributed by atoms with Crippen LogP contribution >= 0.6 is 0 Å². The lowest BCUT2D eigenvalue weighted by atomic mass is 9.95. The average molecular weight is 390 g/mol. The predicted octanol–water partition coefficient (Wildman–Crippen LogP) is 5.08. The van der Waals surface area contributed by atoms with Crippen molar-refractivity contribution in [1.29, 1.82) is 0 Å². The van der Waals surface area contributed by atoms with Gasteiger partial charge in [-0.3, -0.25) is 9.20 Å². The number of pyridine rings is 1. The number of aryl methyl sites for hydroxylation is 3. The van der Waals surface area contributed by atoms with Crippen molar-refractivity contribution in [2.45, 2.75) is 60.3 Å². The van der Waals surface area contributed by atoms with E-state index in [4.69, 9.17) is 15.1 Å². The zero-order valence-electron chi connectivity index (χ0n) is 17.9. The largest absolute Gasteiger partial charge is 0.297 e. The molecule has 0 radical (unpaired) electrons. The van der Waals surface area contributed by atoms with E-state index in [1.807, 2.05) is 48.0 Å². The Labute approximate surface area is 170 Å². The number of carbonyl (C=O) groups is 1. The van der Waals surface area contributed by atoms with E-state index in [0.29, 0.717) is 17.1 Å². The van der Waals surface area contributed by atoms with E-state index in [9.17, 15) is 4.79 Å². The highest BCUT2D eigenvalue weighted by atomic mass is 16.1. The maximum absolute atomic E-state index is 12.1. The quantitative estimate of drug-likeness (QED) is 0.447. The summed E-state index contributed by atoms with van der Waals surface area (Å²) in [6.45, 7) is 12.0. The molecule has 6 heteroatoms. The molecule has 0 fully saturated rings. The fourth-order valence-corrected chi connectivity index (χ4v) is 4.32. The molecule has 0 unspecified atom stereocenters. The van der Waals surface area contributed by atoms with Gasteiger partial charge in [0.25, 0.3) is 0 Å². The van der Waals surface area contributed by atoms with Crippen molar-refractivity contribution in [1.82, 2.24) is 24.0 Å². The summed E-state index contributed by atoms with van der Waals surface area (Å²) in [5, 5.41) is 4.82. The molecule has 0 bridgehead atoms. The van der Waals surface area contributed by atoms with E-state index in [1.54, 1.807) is 6.92 Å². The lowest BCUT2D eigenvalue weighted by molar-refractivity contribution is 0.101. The fourth-order valence-electron chi connectivity index (χ4n) is 4.32. The van der Waals surface area contributed by atoms with Crippen molar-refractivity contribution in [3.63, 3.8) is 0 Å². The summed E-state index contributed by atoms with van der Waals surface area (Å²) in [7, 11) is 0. The second kappa shape index (κ2) is 7.10. The number of nitrogens with zero attached hydrogens (tertiary/aromatic N) is 5. The summed E-state index contributed by atoms with van der Waals surface area (Å²) in [6.07, 6.45) is 4.08. The van der Waals surface area contributed by atoms with Gasteiger partial charge in [0.2, 0.25) is 0 Å². The summed E-state index contributed by atoms with van der Waals surface area (Å²) in [4.78, 5) is 21.7. The second-order valence-electron chi connectivity index (χ2n) is 7.75. The van der Waals surface area contributed by atoms with Crippen molar-refractivity contribution in [3.05, 3.63) is 52.6 Å². The first-order chi connectivity index (χ1) is 13.9. The van der Waals surface area contributed by atoms with Gasteiger partial charge in [0.1, 0.15) is 11.3 Å². The zero-order chi connectivity index (χ0) is 20.9. The number of rotatable bonds is 5. The van der Waals surface area contributed by atoms with Crippen molar-refractivity contribution in [2.24, 2.45) is 0 Å². The van der Waals surface area contributed by atoms with E-state index in [0.717, 1.165) is 47.0 Å². The van der Waals surface area contributed by atoms with E-state index in [2.05, 4.69) is 19.9 Å². The number of ketones is 1. The van der Waals surface area contributed by atoms with Crippen molar-refractivity contribution in [2.75, 3.05) is 0 Å². The molecule has 0 aliphatic heterocycles. The molecule has 4 heterocycles. The smallest absolute Gasteiger partial charge is 0.163 e.